The first kappa shape index (κ1) is 35.6. The van der Waals surface area contributed by atoms with Crippen LogP contribution in [0.4, 0.5) is 0 Å². The third-order valence-corrected chi connectivity index (χ3v) is 25.6. The molecule has 5 aliphatic rings. The van der Waals surface area contributed by atoms with Gasteiger partial charge >= 0.3 is 0 Å². The summed E-state index contributed by atoms with van der Waals surface area (Å²) >= 11 is 0. The van der Waals surface area contributed by atoms with E-state index in [0.29, 0.717) is 29.3 Å². The van der Waals surface area contributed by atoms with Crippen LogP contribution in [0.25, 0.3) is 0 Å². The number of allylic oxidation sites excluding steroid dienone is 1. The van der Waals surface area contributed by atoms with Crippen LogP contribution in [0, 0.1) is 39.4 Å². The maximum absolute atomic E-state index is 7.82. The number of hydrogen-bond donors (Lipinski definition) is 0. The quantitative estimate of drug-likeness (QED) is 0.265. The Morgan fingerprint density at radius 2 is 1.43 bits per heavy atom. The molecule has 5 fully saturated rings. The molecular formula is C38H72O3Si3. The number of rotatable bonds is 6. The van der Waals surface area contributed by atoms with Crippen molar-refractivity contribution in [3.05, 3.63) is 11.3 Å². The summed E-state index contributed by atoms with van der Waals surface area (Å²) in [6, 6.07) is 0. The third kappa shape index (κ3) is 5.51. The molecule has 0 aromatic rings. The molecule has 0 unspecified atom stereocenters. The van der Waals surface area contributed by atoms with Crippen LogP contribution in [0.2, 0.25) is 55.9 Å². The van der Waals surface area contributed by atoms with Crippen LogP contribution in [-0.4, -0.2) is 50.6 Å². The summed E-state index contributed by atoms with van der Waals surface area (Å²) in [5.41, 5.74) is 5.50. The highest BCUT2D eigenvalue weighted by atomic mass is 28.4. The molecule has 0 spiro atoms. The smallest absolute Gasteiger partial charge is 0.192 e. The number of fused-ring (bicyclic) bond motifs is 3. The maximum atomic E-state index is 7.82. The molecular weight excluding hydrogens is 589 g/mol. The van der Waals surface area contributed by atoms with E-state index in [1.54, 1.807) is 0 Å². The van der Waals surface area contributed by atoms with Gasteiger partial charge in [0.05, 0.1) is 27.4 Å². The second-order valence-corrected chi connectivity index (χ2v) is 35.7. The van der Waals surface area contributed by atoms with E-state index in [4.69, 9.17) is 13.6 Å². The van der Waals surface area contributed by atoms with Crippen LogP contribution < -0.4 is 0 Å². The summed E-state index contributed by atoms with van der Waals surface area (Å²) in [6.07, 6.45) is 10.8. The normalized spacial score (nSPS) is 42.6. The summed E-state index contributed by atoms with van der Waals surface area (Å²) in [6.45, 7) is 40.2. The fraction of sp³-hybridized carbons (Fsp3) is 0.947. The minimum atomic E-state index is -2.00. The Morgan fingerprint density at radius 1 is 0.795 bits per heavy atom. The summed E-state index contributed by atoms with van der Waals surface area (Å²) in [4.78, 5) is 0. The third-order valence-electron chi connectivity index (χ3n) is 15.4. The topological polar surface area (TPSA) is 27.7 Å². The van der Waals surface area contributed by atoms with Crippen LogP contribution in [0.1, 0.15) is 107 Å². The van der Waals surface area contributed by atoms with Crippen LogP contribution >= 0.6 is 0 Å². The summed E-state index contributed by atoms with van der Waals surface area (Å²) in [5, 5.41) is 0.431. The van der Waals surface area contributed by atoms with E-state index >= 15 is 0 Å². The van der Waals surface area contributed by atoms with Crippen molar-refractivity contribution in [2.45, 2.75) is 169 Å². The van der Waals surface area contributed by atoms with Crippen molar-refractivity contribution in [3.63, 3.8) is 0 Å². The molecule has 0 N–H and O–H groups in total. The average Bonchev–Trinajstić information content (AvgIpc) is 3.17. The van der Waals surface area contributed by atoms with Crippen molar-refractivity contribution in [1.29, 1.82) is 0 Å². The molecule has 4 aliphatic carbocycles. The second kappa shape index (κ2) is 10.9. The van der Waals surface area contributed by atoms with Crippen LogP contribution in [-0.2, 0) is 13.6 Å². The number of ether oxygens (including phenoxy) is 1. The van der Waals surface area contributed by atoms with Crippen molar-refractivity contribution in [1.82, 2.24) is 0 Å². The lowest BCUT2D eigenvalue weighted by Crippen LogP contribution is -2.72. The zero-order chi connectivity index (χ0) is 33.0. The summed E-state index contributed by atoms with van der Waals surface area (Å²) in [5.74, 6) is 2.00. The average molecular weight is 661 g/mol. The fourth-order valence-electron chi connectivity index (χ4n) is 11.0. The lowest BCUT2D eigenvalue weighted by Gasteiger charge is -2.72. The molecule has 44 heavy (non-hydrogen) atoms. The summed E-state index contributed by atoms with van der Waals surface area (Å²) < 4.78 is 21.8. The zero-order valence-electron chi connectivity index (χ0n) is 31.9. The van der Waals surface area contributed by atoms with E-state index in [9.17, 15) is 0 Å². The van der Waals surface area contributed by atoms with Crippen LogP contribution in [0.3, 0.4) is 0 Å². The van der Waals surface area contributed by atoms with Gasteiger partial charge in [0.2, 0.25) is 0 Å². The van der Waals surface area contributed by atoms with Gasteiger partial charge in [0.25, 0.3) is 0 Å². The summed E-state index contributed by atoms with van der Waals surface area (Å²) in [7, 11) is -5.18. The van der Waals surface area contributed by atoms with E-state index in [1.807, 2.05) is 5.57 Å². The standard InChI is InChI=1S/C38H72O3Si3/c1-33(2,3)43(12,13)40-26-37-20-16-21-38(27-39-25-37)30-19-22-35(7)28(24-42(9,10)11)17-18-29(35)36(30,8)32(23-31(37)38)41-44(14,15)34(4,5)6/h24,29-32H,16-23,25-27H2,1-15H3/t29-,30+,31+,32-,35+,36+,37-,38+/m1/s1. The van der Waals surface area contributed by atoms with E-state index < -0.39 is 24.7 Å². The first-order valence-electron chi connectivity index (χ1n) is 18.5. The van der Waals surface area contributed by atoms with Crippen molar-refractivity contribution in [2.75, 3.05) is 19.8 Å². The van der Waals surface area contributed by atoms with E-state index in [2.05, 4.69) is 107 Å². The van der Waals surface area contributed by atoms with E-state index in [0.717, 1.165) is 19.8 Å². The SMILES string of the molecule is CC(C)(C)[Si](C)(C)OC[C@@]12CCC[C@]3(COC1)[C@H]1CC[C@@]4(C)C(=C[Si](C)(C)C)CC[C@H]4[C@]1(C)[C@H](O[Si](C)(C)C(C)(C)C)C[C@@H]23. The highest BCUT2D eigenvalue weighted by Crippen LogP contribution is 2.75. The molecule has 254 valence electrons. The van der Waals surface area contributed by atoms with Gasteiger partial charge in [-0.1, -0.05) is 92.7 Å². The van der Waals surface area contributed by atoms with Gasteiger partial charge in [0.1, 0.15) is 0 Å². The Hall–Kier alpha value is 0.271. The van der Waals surface area contributed by atoms with Crippen LogP contribution in [0.5, 0.6) is 0 Å². The molecule has 6 heteroatoms. The highest BCUT2D eigenvalue weighted by Gasteiger charge is 2.72. The molecule has 8 atom stereocenters. The Labute approximate surface area is 276 Å². The van der Waals surface area contributed by atoms with E-state index in [-0.39, 0.29) is 26.3 Å². The van der Waals surface area contributed by atoms with Gasteiger partial charge in [0, 0.05) is 17.4 Å². The lowest BCUT2D eigenvalue weighted by atomic mass is 9.35. The predicted octanol–water partition coefficient (Wildman–Crippen LogP) is 11.2. The monoisotopic (exact) mass is 660 g/mol. The molecule has 1 heterocycles. The Balaban J connectivity index is 1.61. The molecule has 1 aliphatic heterocycles. The van der Waals surface area contributed by atoms with Gasteiger partial charge in [-0.05, 0) is 110 Å². The van der Waals surface area contributed by atoms with Crippen molar-refractivity contribution in [3.8, 4) is 0 Å². The predicted molar refractivity (Wildman–Crippen MR) is 196 cm³/mol. The Kier molecular flexibility index (Phi) is 8.80. The molecule has 0 amide bonds. The largest absolute Gasteiger partial charge is 0.416 e. The first-order valence-corrected chi connectivity index (χ1v) is 27.9. The van der Waals surface area contributed by atoms with Gasteiger partial charge in [0.15, 0.2) is 16.6 Å². The van der Waals surface area contributed by atoms with Gasteiger partial charge in [-0.25, -0.2) is 0 Å². The first-order chi connectivity index (χ1) is 19.8. The Bertz CT molecular complexity index is 1110. The molecule has 0 aromatic carbocycles. The van der Waals surface area contributed by atoms with E-state index in [1.165, 1.54) is 51.4 Å². The Morgan fingerprint density at radius 3 is 2.02 bits per heavy atom. The molecule has 5 rings (SSSR count). The molecule has 0 aromatic heterocycles. The minimum Gasteiger partial charge on any atom is -0.416 e. The minimum absolute atomic E-state index is 0.127. The van der Waals surface area contributed by atoms with Gasteiger partial charge in [-0.3, -0.25) is 0 Å². The second-order valence-electron chi connectivity index (χ2n) is 21.1. The van der Waals surface area contributed by atoms with Crippen molar-refractivity contribution in [2.24, 2.45) is 39.4 Å². The molecule has 3 nitrogen and oxygen atoms in total. The fourth-order valence-corrected chi connectivity index (χ4v) is 15.0. The molecule has 2 bridgehead atoms. The number of hydrogen-bond acceptors (Lipinski definition) is 3. The maximum Gasteiger partial charge on any atom is 0.192 e. The highest BCUT2D eigenvalue weighted by molar-refractivity contribution is 6.81. The molecule has 4 saturated carbocycles. The molecule has 1 saturated heterocycles. The van der Waals surface area contributed by atoms with Gasteiger partial charge in [-0.2, -0.15) is 0 Å². The lowest BCUT2D eigenvalue weighted by molar-refractivity contribution is -0.287. The van der Waals surface area contributed by atoms with Crippen LogP contribution in [0.15, 0.2) is 11.3 Å². The van der Waals surface area contributed by atoms with Gasteiger partial charge in [-0.15, -0.1) is 0 Å². The van der Waals surface area contributed by atoms with Crippen molar-refractivity contribution < 1.29 is 13.6 Å². The van der Waals surface area contributed by atoms with Gasteiger partial charge < -0.3 is 13.6 Å². The zero-order valence-corrected chi connectivity index (χ0v) is 34.9. The van der Waals surface area contributed by atoms with Crippen molar-refractivity contribution >= 4 is 24.7 Å². The molecule has 0 radical (unpaired) electrons.